The Morgan fingerprint density at radius 2 is 1.96 bits per heavy atom. The molecule has 27 heavy (non-hydrogen) atoms. The predicted molar refractivity (Wildman–Crippen MR) is 97.7 cm³/mol. The molecule has 2 aromatic rings. The van der Waals surface area contributed by atoms with Crippen molar-refractivity contribution >= 4 is 23.2 Å². The topological polar surface area (TPSA) is 91.7 Å². The van der Waals surface area contributed by atoms with Crippen LogP contribution in [0.15, 0.2) is 42.5 Å². The minimum Gasteiger partial charge on any atom is -0.486 e. The van der Waals surface area contributed by atoms with Gasteiger partial charge in [0.05, 0.1) is 17.6 Å². The standard InChI is InChI=1S/C20H17N3O4/c21-11-13-2-1-3-15(8-13)22-20(25)14-9-19(24)23(12-14)16-4-5-17-18(10-16)27-7-6-26-17/h1-5,8,10,14H,6-7,9,12H2,(H,22,25)/t14-/m1/s1. The van der Waals surface area contributed by atoms with Gasteiger partial charge in [0.25, 0.3) is 0 Å². The van der Waals surface area contributed by atoms with E-state index in [2.05, 4.69) is 5.32 Å². The Morgan fingerprint density at radius 1 is 1.15 bits per heavy atom. The molecule has 0 spiro atoms. The van der Waals surface area contributed by atoms with Crippen molar-refractivity contribution in [2.75, 3.05) is 30.0 Å². The van der Waals surface area contributed by atoms with Gasteiger partial charge in [0, 0.05) is 30.4 Å². The van der Waals surface area contributed by atoms with Gasteiger partial charge in [0.1, 0.15) is 13.2 Å². The van der Waals surface area contributed by atoms with Crippen LogP contribution in [0.2, 0.25) is 0 Å². The summed E-state index contributed by atoms with van der Waals surface area (Å²) in [7, 11) is 0. The van der Waals surface area contributed by atoms with Crippen molar-refractivity contribution in [3.8, 4) is 17.6 Å². The zero-order valence-electron chi connectivity index (χ0n) is 14.5. The first-order valence-corrected chi connectivity index (χ1v) is 8.65. The summed E-state index contributed by atoms with van der Waals surface area (Å²) in [4.78, 5) is 26.6. The number of rotatable bonds is 3. The van der Waals surface area contributed by atoms with E-state index in [9.17, 15) is 9.59 Å². The SMILES string of the molecule is N#Cc1cccc(NC(=O)[C@@H]2CC(=O)N(c3ccc4c(c3)OCCO4)C2)c1. The molecule has 4 rings (SSSR count). The molecule has 2 heterocycles. The van der Waals surface area contributed by atoms with Crippen LogP contribution in [0.1, 0.15) is 12.0 Å². The number of carbonyl (C=O) groups excluding carboxylic acids is 2. The largest absolute Gasteiger partial charge is 0.486 e. The summed E-state index contributed by atoms with van der Waals surface area (Å²) in [6.07, 6.45) is 0.137. The first kappa shape index (κ1) is 16.9. The number of carbonyl (C=O) groups is 2. The van der Waals surface area contributed by atoms with Crippen LogP contribution in [0.3, 0.4) is 0 Å². The Kier molecular flexibility index (Phi) is 4.38. The molecule has 1 saturated heterocycles. The fourth-order valence-electron chi connectivity index (χ4n) is 3.24. The number of hydrogen-bond acceptors (Lipinski definition) is 5. The zero-order valence-corrected chi connectivity index (χ0v) is 14.5. The van der Waals surface area contributed by atoms with Gasteiger partial charge in [0.2, 0.25) is 11.8 Å². The molecule has 1 N–H and O–H groups in total. The molecule has 0 unspecified atom stereocenters. The molecule has 2 aliphatic heterocycles. The highest BCUT2D eigenvalue weighted by Crippen LogP contribution is 2.36. The molecule has 7 heteroatoms. The first-order valence-electron chi connectivity index (χ1n) is 8.65. The average Bonchev–Trinajstić information content (AvgIpc) is 3.09. The first-order chi connectivity index (χ1) is 13.1. The van der Waals surface area contributed by atoms with Gasteiger partial charge >= 0.3 is 0 Å². The summed E-state index contributed by atoms with van der Waals surface area (Å²) in [5.74, 6) is 0.448. The maximum Gasteiger partial charge on any atom is 0.229 e. The van der Waals surface area contributed by atoms with Crippen LogP contribution in [0.25, 0.3) is 0 Å². The van der Waals surface area contributed by atoms with Crippen LogP contribution >= 0.6 is 0 Å². The quantitative estimate of drug-likeness (QED) is 0.904. The Bertz CT molecular complexity index is 950. The van der Waals surface area contributed by atoms with Crippen molar-refractivity contribution in [1.29, 1.82) is 5.26 Å². The second-order valence-electron chi connectivity index (χ2n) is 6.42. The van der Waals surface area contributed by atoms with Crippen LogP contribution < -0.4 is 19.7 Å². The lowest BCUT2D eigenvalue weighted by atomic mass is 10.1. The highest BCUT2D eigenvalue weighted by molar-refractivity contribution is 6.03. The van der Waals surface area contributed by atoms with Crippen LogP contribution in [0, 0.1) is 17.2 Å². The molecule has 0 saturated carbocycles. The highest BCUT2D eigenvalue weighted by Gasteiger charge is 2.35. The molecular formula is C20H17N3O4. The number of benzene rings is 2. The van der Waals surface area contributed by atoms with E-state index in [0.717, 1.165) is 0 Å². The number of nitrogens with one attached hydrogen (secondary N) is 1. The van der Waals surface area contributed by atoms with Gasteiger partial charge in [-0.05, 0) is 30.3 Å². The lowest BCUT2D eigenvalue weighted by Gasteiger charge is -2.22. The fourth-order valence-corrected chi connectivity index (χ4v) is 3.24. The van der Waals surface area contributed by atoms with E-state index in [1.807, 2.05) is 6.07 Å². The molecule has 0 aliphatic carbocycles. The maximum absolute atomic E-state index is 12.6. The van der Waals surface area contributed by atoms with Crippen molar-refractivity contribution < 1.29 is 19.1 Å². The van der Waals surface area contributed by atoms with Crippen LogP contribution in [0.4, 0.5) is 11.4 Å². The molecule has 2 aliphatic rings. The summed E-state index contributed by atoms with van der Waals surface area (Å²) in [6, 6.07) is 14.1. The van der Waals surface area contributed by atoms with Crippen molar-refractivity contribution in [1.82, 2.24) is 0 Å². The predicted octanol–water partition coefficient (Wildman–Crippen LogP) is 2.32. The molecule has 136 valence electrons. The van der Waals surface area contributed by atoms with E-state index >= 15 is 0 Å². The summed E-state index contributed by atoms with van der Waals surface area (Å²) >= 11 is 0. The minimum atomic E-state index is -0.462. The van der Waals surface area contributed by atoms with Crippen LogP contribution in [-0.2, 0) is 9.59 Å². The lowest BCUT2D eigenvalue weighted by molar-refractivity contribution is -0.122. The number of ether oxygens (including phenoxy) is 2. The van der Waals surface area contributed by atoms with Crippen molar-refractivity contribution in [2.45, 2.75) is 6.42 Å². The molecule has 1 fully saturated rings. The summed E-state index contributed by atoms with van der Waals surface area (Å²) in [5.41, 5.74) is 1.70. The zero-order chi connectivity index (χ0) is 18.8. The van der Waals surface area contributed by atoms with Gasteiger partial charge in [-0.1, -0.05) is 6.07 Å². The molecule has 2 amide bonds. The average molecular weight is 363 g/mol. The molecule has 0 radical (unpaired) electrons. The summed E-state index contributed by atoms with van der Waals surface area (Å²) in [5, 5.41) is 11.7. The fraction of sp³-hybridized carbons (Fsp3) is 0.250. The number of anilines is 2. The van der Waals surface area contributed by atoms with Gasteiger partial charge in [-0.15, -0.1) is 0 Å². The second-order valence-corrected chi connectivity index (χ2v) is 6.42. The van der Waals surface area contributed by atoms with E-state index in [1.165, 1.54) is 0 Å². The monoisotopic (exact) mass is 363 g/mol. The summed E-state index contributed by atoms with van der Waals surface area (Å²) in [6.45, 7) is 1.27. The number of hydrogen-bond donors (Lipinski definition) is 1. The Hall–Kier alpha value is -3.53. The highest BCUT2D eigenvalue weighted by atomic mass is 16.6. The summed E-state index contributed by atoms with van der Waals surface area (Å²) < 4.78 is 11.1. The number of nitriles is 1. The third-order valence-electron chi connectivity index (χ3n) is 4.59. The normalized spacial score (nSPS) is 18.1. The number of nitrogens with zero attached hydrogens (tertiary/aromatic N) is 2. The van der Waals surface area contributed by atoms with E-state index in [0.29, 0.717) is 48.2 Å². The van der Waals surface area contributed by atoms with Gasteiger partial charge in [-0.3, -0.25) is 9.59 Å². The molecule has 0 bridgehead atoms. The van der Waals surface area contributed by atoms with Gasteiger partial charge in [-0.25, -0.2) is 0 Å². The Balaban J connectivity index is 1.47. The van der Waals surface area contributed by atoms with Gasteiger partial charge in [-0.2, -0.15) is 5.26 Å². The lowest BCUT2D eigenvalue weighted by Crippen LogP contribution is -2.28. The van der Waals surface area contributed by atoms with Crippen molar-refractivity contribution in [2.24, 2.45) is 5.92 Å². The maximum atomic E-state index is 12.6. The van der Waals surface area contributed by atoms with Crippen molar-refractivity contribution in [3.05, 3.63) is 48.0 Å². The van der Waals surface area contributed by atoms with Crippen LogP contribution in [-0.4, -0.2) is 31.6 Å². The van der Waals surface area contributed by atoms with E-state index < -0.39 is 5.92 Å². The second kappa shape index (κ2) is 7.00. The Morgan fingerprint density at radius 3 is 2.78 bits per heavy atom. The van der Waals surface area contributed by atoms with Crippen LogP contribution in [0.5, 0.6) is 11.5 Å². The van der Waals surface area contributed by atoms with Gasteiger partial charge in [0.15, 0.2) is 11.5 Å². The molecule has 0 aromatic heterocycles. The van der Waals surface area contributed by atoms with Gasteiger partial charge < -0.3 is 19.7 Å². The molecule has 1 atom stereocenters. The Labute approximate surface area is 156 Å². The molecule has 2 aromatic carbocycles. The molecule has 7 nitrogen and oxygen atoms in total. The van der Waals surface area contributed by atoms with E-state index in [-0.39, 0.29) is 18.2 Å². The number of fused-ring (bicyclic) bond motifs is 1. The van der Waals surface area contributed by atoms with E-state index in [4.69, 9.17) is 14.7 Å². The minimum absolute atomic E-state index is 0.113. The molecular weight excluding hydrogens is 346 g/mol. The third-order valence-corrected chi connectivity index (χ3v) is 4.59. The third kappa shape index (κ3) is 3.42. The van der Waals surface area contributed by atoms with E-state index in [1.54, 1.807) is 47.4 Å². The smallest absolute Gasteiger partial charge is 0.229 e. The van der Waals surface area contributed by atoms with Crippen molar-refractivity contribution in [3.63, 3.8) is 0 Å². The number of amides is 2.